The van der Waals surface area contributed by atoms with Crippen LogP contribution in [0.3, 0.4) is 0 Å². The molecule has 1 aromatic carbocycles. The summed E-state index contributed by atoms with van der Waals surface area (Å²) in [5, 5.41) is 8.56. The topological polar surface area (TPSA) is 51.1 Å². The normalized spacial score (nSPS) is 20.2. The summed E-state index contributed by atoms with van der Waals surface area (Å²) in [6.45, 7) is 4.47. The van der Waals surface area contributed by atoms with E-state index in [1.54, 1.807) is 0 Å². The first kappa shape index (κ1) is 19.5. The first-order chi connectivity index (χ1) is 11.3. The Hall–Kier alpha value is -0.820. The standard InChI is InChI=1S/C17H25BrN4O.ClH/c18-16-12-14(19-13-20-23)6-7-17(16)22-10-8-21(9-11-22)15-4-2-1-3-5-15;/h6-7,12-13,15,23H,1-5,8-11H2,(H,19,20);1H. The second-order valence-electron chi connectivity index (χ2n) is 6.34. The van der Waals surface area contributed by atoms with Crippen molar-refractivity contribution in [3.8, 4) is 0 Å². The molecule has 5 nitrogen and oxygen atoms in total. The maximum absolute atomic E-state index is 8.56. The molecule has 2 aliphatic rings. The largest absolute Gasteiger partial charge is 0.368 e. The van der Waals surface area contributed by atoms with Gasteiger partial charge >= 0.3 is 0 Å². The van der Waals surface area contributed by atoms with Crippen molar-refractivity contribution in [1.82, 2.24) is 10.4 Å². The van der Waals surface area contributed by atoms with Crippen LogP contribution in [0.4, 0.5) is 11.4 Å². The molecule has 0 bridgehead atoms. The third kappa shape index (κ3) is 4.85. The number of halogens is 2. The summed E-state index contributed by atoms with van der Waals surface area (Å²) in [4.78, 5) is 9.24. The molecule has 7 heteroatoms. The first-order valence-corrected chi connectivity index (χ1v) is 9.28. The van der Waals surface area contributed by atoms with Gasteiger partial charge in [0.05, 0.1) is 11.4 Å². The minimum atomic E-state index is 0. The molecule has 0 radical (unpaired) electrons. The minimum absolute atomic E-state index is 0. The number of aliphatic imine (C=N–C) groups is 1. The zero-order chi connectivity index (χ0) is 16.1. The van der Waals surface area contributed by atoms with Crippen molar-refractivity contribution in [2.75, 3.05) is 31.1 Å². The SMILES string of the molecule is Cl.ONC=Nc1ccc(N2CCN(C3CCCCC3)CC2)c(Br)c1. The monoisotopic (exact) mass is 416 g/mol. The second kappa shape index (κ2) is 9.61. The Bertz CT molecular complexity index is 543. The summed E-state index contributed by atoms with van der Waals surface area (Å²) in [7, 11) is 0. The fourth-order valence-corrected chi connectivity index (χ4v) is 4.33. The fraction of sp³-hybridized carbons (Fsp3) is 0.588. The van der Waals surface area contributed by atoms with E-state index in [2.05, 4.69) is 36.8 Å². The third-order valence-corrected chi connectivity index (χ3v) is 5.58. The molecule has 2 fully saturated rings. The number of nitrogens with zero attached hydrogens (tertiary/aromatic N) is 3. The van der Waals surface area contributed by atoms with Crippen LogP contribution in [-0.4, -0.2) is 48.7 Å². The molecule has 3 rings (SSSR count). The number of nitrogens with one attached hydrogen (secondary N) is 1. The predicted octanol–water partition coefficient (Wildman–Crippen LogP) is 3.96. The van der Waals surface area contributed by atoms with E-state index in [1.165, 1.54) is 44.1 Å². The van der Waals surface area contributed by atoms with Crippen LogP contribution < -0.4 is 10.4 Å². The van der Waals surface area contributed by atoms with Gasteiger partial charge in [-0.2, -0.15) is 0 Å². The molecular weight excluding hydrogens is 392 g/mol. The smallest absolute Gasteiger partial charge is 0.113 e. The lowest BCUT2D eigenvalue weighted by Gasteiger charge is -2.41. The molecule has 2 N–H and O–H groups in total. The molecule has 1 saturated heterocycles. The molecule has 1 aliphatic carbocycles. The van der Waals surface area contributed by atoms with Crippen LogP contribution in [0.15, 0.2) is 27.7 Å². The van der Waals surface area contributed by atoms with E-state index in [-0.39, 0.29) is 12.4 Å². The highest BCUT2D eigenvalue weighted by Crippen LogP contribution is 2.32. The highest BCUT2D eigenvalue weighted by Gasteiger charge is 2.25. The number of benzene rings is 1. The second-order valence-corrected chi connectivity index (χ2v) is 7.19. The molecule has 0 atom stereocenters. The van der Waals surface area contributed by atoms with Gasteiger partial charge in [0.2, 0.25) is 0 Å². The molecule has 0 spiro atoms. The maximum Gasteiger partial charge on any atom is 0.113 e. The Morgan fingerprint density at radius 3 is 2.46 bits per heavy atom. The van der Waals surface area contributed by atoms with Gasteiger partial charge in [-0.15, -0.1) is 12.4 Å². The van der Waals surface area contributed by atoms with Gasteiger partial charge in [0.25, 0.3) is 0 Å². The average molecular weight is 418 g/mol. The summed E-state index contributed by atoms with van der Waals surface area (Å²) in [5.41, 5.74) is 3.96. The van der Waals surface area contributed by atoms with Crippen LogP contribution in [-0.2, 0) is 0 Å². The molecular formula is C17H26BrClN4O. The molecule has 0 amide bonds. The molecule has 1 saturated carbocycles. The summed E-state index contributed by atoms with van der Waals surface area (Å²) in [6.07, 6.45) is 8.27. The van der Waals surface area contributed by atoms with Gasteiger partial charge in [-0.3, -0.25) is 15.6 Å². The van der Waals surface area contributed by atoms with E-state index in [4.69, 9.17) is 5.21 Å². The van der Waals surface area contributed by atoms with Crippen molar-refractivity contribution < 1.29 is 5.21 Å². The van der Waals surface area contributed by atoms with Gasteiger partial charge in [-0.05, 0) is 47.0 Å². The van der Waals surface area contributed by atoms with E-state index in [0.29, 0.717) is 0 Å². The zero-order valence-corrected chi connectivity index (χ0v) is 16.2. The van der Waals surface area contributed by atoms with Crippen LogP contribution in [0.25, 0.3) is 0 Å². The summed E-state index contributed by atoms with van der Waals surface area (Å²) < 4.78 is 1.05. The van der Waals surface area contributed by atoms with Crippen LogP contribution in [0.2, 0.25) is 0 Å². The Morgan fingerprint density at radius 1 is 1.12 bits per heavy atom. The van der Waals surface area contributed by atoms with Gasteiger partial charge in [0, 0.05) is 36.7 Å². The molecule has 1 aromatic rings. The molecule has 134 valence electrons. The molecule has 24 heavy (non-hydrogen) atoms. The molecule has 0 unspecified atom stereocenters. The van der Waals surface area contributed by atoms with Crippen molar-refractivity contribution in [2.45, 2.75) is 38.1 Å². The quantitative estimate of drug-likeness (QED) is 0.442. The number of hydrogen-bond donors (Lipinski definition) is 2. The fourth-order valence-electron chi connectivity index (χ4n) is 3.71. The van der Waals surface area contributed by atoms with Crippen LogP contribution in [0.1, 0.15) is 32.1 Å². The van der Waals surface area contributed by atoms with Gasteiger partial charge in [0.1, 0.15) is 6.34 Å². The van der Waals surface area contributed by atoms with Gasteiger partial charge < -0.3 is 4.90 Å². The predicted molar refractivity (Wildman–Crippen MR) is 105 cm³/mol. The van der Waals surface area contributed by atoms with Crippen molar-refractivity contribution >= 4 is 46.1 Å². The Balaban J connectivity index is 0.00000208. The third-order valence-electron chi connectivity index (χ3n) is 4.95. The number of piperazine rings is 1. The highest BCUT2D eigenvalue weighted by molar-refractivity contribution is 9.10. The highest BCUT2D eigenvalue weighted by atomic mass is 79.9. The summed E-state index contributed by atoms with van der Waals surface area (Å²) in [6, 6.07) is 6.87. The average Bonchev–Trinajstić information content (AvgIpc) is 2.61. The van der Waals surface area contributed by atoms with Gasteiger partial charge in [0.15, 0.2) is 0 Å². The summed E-state index contributed by atoms with van der Waals surface area (Å²) in [5.74, 6) is 0. The van der Waals surface area contributed by atoms with E-state index < -0.39 is 0 Å². The first-order valence-electron chi connectivity index (χ1n) is 8.48. The van der Waals surface area contributed by atoms with Gasteiger partial charge in [-0.25, -0.2) is 4.99 Å². The zero-order valence-electron chi connectivity index (χ0n) is 13.8. The van der Waals surface area contributed by atoms with E-state index in [9.17, 15) is 0 Å². The lowest BCUT2D eigenvalue weighted by atomic mass is 9.94. The summed E-state index contributed by atoms with van der Waals surface area (Å²) >= 11 is 3.65. The van der Waals surface area contributed by atoms with Crippen LogP contribution >= 0.6 is 28.3 Å². The van der Waals surface area contributed by atoms with Crippen molar-refractivity contribution in [1.29, 1.82) is 0 Å². The maximum atomic E-state index is 8.56. The number of rotatable bonds is 4. The Morgan fingerprint density at radius 2 is 1.83 bits per heavy atom. The molecule has 0 aromatic heterocycles. The molecule has 1 heterocycles. The van der Waals surface area contributed by atoms with E-state index in [0.717, 1.165) is 42.4 Å². The van der Waals surface area contributed by atoms with Crippen molar-refractivity contribution in [3.63, 3.8) is 0 Å². The number of anilines is 1. The minimum Gasteiger partial charge on any atom is -0.368 e. The lowest BCUT2D eigenvalue weighted by Crippen LogP contribution is -2.50. The van der Waals surface area contributed by atoms with Crippen LogP contribution in [0, 0.1) is 0 Å². The van der Waals surface area contributed by atoms with Crippen LogP contribution in [0.5, 0.6) is 0 Å². The number of hydrogen-bond acceptors (Lipinski definition) is 4. The lowest BCUT2D eigenvalue weighted by molar-refractivity contribution is 0.148. The van der Waals surface area contributed by atoms with Crippen molar-refractivity contribution in [3.05, 3.63) is 22.7 Å². The molecule has 1 aliphatic heterocycles. The Kier molecular flexibility index (Phi) is 7.81. The van der Waals surface area contributed by atoms with Gasteiger partial charge in [-0.1, -0.05) is 19.3 Å². The Labute approximate surface area is 158 Å². The van der Waals surface area contributed by atoms with E-state index in [1.807, 2.05) is 17.6 Å². The van der Waals surface area contributed by atoms with E-state index >= 15 is 0 Å². The number of hydroxylamine groups is 1. The van der Waals surface area contributed by atoms with Crippen molar-refractivity contribution in [2.24, 2.45) is 4.99 Å².